The average Bonchev–Trinajstić information content (AvgIpc) is 2.58. The van der Waals surface area contributed by atoms with Crippen LogP contribution in [0.1, 0.15) is 44.5 Å². The van der Waals surface area contributed by atoms with E-state index in [2.05, 4.69) is 5.32 Å². The van der Waals surface area contributed by atoms with Gasteiger partial charge in [0.15, 0.2) is 6.61 Å². The van der Waals surface area contributed by atoms with Crippen LogP contribution in [-0.2, 0) is 14.3 Å². The lowest BCUT2D eigenvalue weighted by atomic mass is 10.1. The van der Waals surface area contributed by atoms with E-state index in [1.165, 1.54) is 0 Å². The molecule has 0 fully saturated rings. The van der Waals surface area contributed by atoms with Gasteiger partial charge in [-0.15, -0.1) is 0 Å². The Labute approximate surface area is 164 Å². The van der Waals surface area contributed by atoms with Crippen LogP contribution >= 0.6 is 0 Å². The first-order valence-electron chi connectivity index (χ1n) is 9.26. The third-order valence-electron chi connectivity index (χ3n) is 3.67. The molecule has 0 aromatic heterocycles. The van der Waals surface area contributed by atoms with Gasteiger partial charge in [0.25, 0.3) is 11.8 Å². The molecule has 0 radical (unpaired) electrons. The Hall–Kier alpha value is -2.51. The van der Waals surface area contributed by atoms with Crippen LogP contribution in [0.25, 0.3) is 0 Å². The summed E-state index contributed by atoms with van der Waals surface area (Å²) in [6.45, 7) is 8.70. The molecule has 2 amide bonds. The Morgan fingerprint density at radius 3 is 2.21 bits per heavy atom. The summed E-state index contributed by atoms with van der Waals surface area (Å²) >= 11 is 0. The molecule has 28 heavy (non-hydrogen) atoms. The Morgan fingerprint density at radius 2 is 1.68 bits per heavy atom. The SMILES string of the molecule is CC(C)CN(CC(C)C)C(=O)COC(=O)CCNC(=O)c1ccc(F)cc1F. The Bertz CT molecular complexity index is 683. The molecule has 1 N–H and O–H groups in total. The van der Waals surface area contributed by atoms with E-state index in [-0.39, 0.29) is 31.0 Å². The maximum absolute atomic E-state index is 13.5. The summed E-state index contributed by atoms with van der Waals surface area (Å²) in [4.78, 5) is 37.5. The summed E-state index contributed by atoms with van der Waals surface area (Å²) in [6.07, 6.45) is -0.170. The predicted octanol–water partition coefficient (Wildman–Crippen LogP) is 2.77. The molecule has 0 unspecified atom stereocenters. The van der Waals surface area contributed by atoms with E-state index >= 15 is 0 Å². The van der Waals surface area contributed by atoms with E-state index < -0.39 is 23.5 Å². The number of hydrogen-bond donors (Lipinski definition) is 1. The number of carbonyl (C=O) groups excluding carboxylic acids is 3. The molecule has 0 saturated carbocycles. The Kier molecular flexibility index (Phi) is 9.55. The molecule has 6 nitrogen and oxygen atoms in total. The highest BCUT2D eigenvalue weighted by Crippen LogP contribution is 2.09. The number of hydrogen-bond acceptors (Lipinski definition) is 4. The number of nitrogens with one attached hydrogen (secondary N) is 1. The molecule has 1 aromatic carbocycles. The zero-order valence-electron chi connectivity index (χ0n) is 16.8. The maximum atomic E-state index is 13.5. The fourth-order valence-electron chi connectivity index (χ4n) is 2.51. The fraction of sp³-hybridized carbons (Fsp3) is 0.550. The van der Waals surface area contributed by atoms with Crippen LogP contribution in [0, 0.1) is 23.5 Å². The standard InChI is InChI=1S/C20H28F2N2O4/c1-13(2)10-24(11-14(3)4)18(25)12-28-19(26)7-8-23-20(27)16-6-5-15(21)9-17(16)22/h5-6,9,13-14H,7-8,10-12H2,1-4H3,(H,23,27). The summed E-state index contributed by atoms with van der Waals surface area (Å²) in [7, 11) is 0. The van der Waals surface area contributed by atoms with Crippen molar-refractivity contribution in [2.75, 3.05) is 26.2 Å². The smallest absolute Gasteiger partial charge is 0.308 e. The highest BCUT2D eigenvalue weighted by atomic mass is 19.1. The maximum Gasteiger partial charge on any atom is 0.308 e. The largest absolute Gasteiger partial charge is 0.456 e. The van der Waals surface area contributed by atoms with Crippen molar-refractivity contribution in [3.05, 3.63) is 35.4 Å². The van der Waals surface area contributed by atoms with Gasteiger partial charge in [-0.25, -0.2) is 8.78 Å². The number of halogens is 2. The highest BCUT2D eigenvalue weighted by molar-refractivity contribution is 5.94. The fourth-order valence-corrected chi connectivity index (χ4v) is 2.51. The molecule has 0 aliphatic carbocycles. The summed E-state index contributed by atoms with van der Waals surface area (Å²) in [5.74, 6) is -2.87. The van der Waals surface area contributed by atoms with Gasteiger partial charge in [-0.2, -0.15) is 0 Å². The molecule has 0 bridgehead atoms. The molecule has 0 atom stereocenters. The molecule has 1 aromatic rings. The van der Waals surface area contributed by atoms with Crippen molar-refractivity contribution in [1.29, 1.82) is 0 Å². The van der Waals surface area contributed by atoms with Crippen LogP contribution in [0.5, 0.6) is 0 Å². The minimum atomic E-state index is -0.985. The Balaban J connectivity index is 2.41. The molecule has 0 heterocycles. The van der Waals surface area contributed by atoms with E-state index in [1.54, 1.807) is 4.90 Å². The lowest BCUT2D eigenvalue weighted by Crippen LogP contribution is -2.39. The first-order valence-corrected chi connectivity index (χ1v) is 9.26. The summed E-state index contributed by atoms with van der Waals surface area (Å²) in [6, 6.07) is 2.60. The summed E-state index contributed by atoms with van der Waals surface area (Å²) < 4.78 is 31.3. The van der Waals surface area contributed by atoms with E-state index in [4.69, 9.17) is 4.74 Å². The lowest BCUT2D eigenvalue weighted by Gasteiger charge is -2.26. The third kappa shape index (κ3) is 8.45. The van der Waals surface area contributed by atoms with Crippen molar-refractivity contribution < 1.29 is 27.9 Å². The van der Waals surface area contributed by atoms with Gasteiger partial charge < -0.3 is 15.0 Å². The lowest BCUT2D eigenvalue weighted by molar-refractivity contribution is -0.152. The number of amides is 2. The van der Waals surface area contributed by atoms with Crippen molar-refractivity contribution in [1.82, 2.24) is 10.2 Å². The van der Waals surface area contributed by atoms with Crippen molar-refractivity contribution in [3.8, 4) is 0 Å². The molecule has 156 valence electrons. The number of benzene rings is 1. The minimum Gasteiger partial charge on any atom is -0.456 e. The van der Waals surface area contributed by atoms with Crippen molar-refractivity contribution in [2.24, 2.45) is 11.8 Å². The monoisotopic (exact) mass is 398 g/mol. The van der Waals surface area contributed by atoms with Crippen LogP contribution in [0.15, 0.2) is 18.2 Å². The van der Waals surface area contributed by atoms with Gasteiger partial charge in [0.2, 0.25) is 0 Å². The van der Waals surface area contributed by atoms with Gasteiger partial charge in [-0.05, 0) is 24.0 Å². The average molecular weight is 398 g/mol. The van der Waals surface area contributed by atoms with Gasteiger partial charge in [-0.1, -0.05) is 27.7 Å². The van der Waals surface area contributed by atoms with Crippen LogP contribution in [0.2, 0.25) is 0 Å². The Morgan fingerprint density at radius 1 is 1.07 bits per heavy atom. The zero-order valence-corrected chi connectivity index (χ0v) is 16.8. The van der Waals surface area contributed by atoms with Crippen LogP contribution in [0.4, 0.5) is 8.78 Å². The highest BCUT2D eigenvalue weighted by Gasteiger charge is 2.18. The molecule has 8 heteroatoms. The molecular formula is C20H28F2N2O4. The van der Waals surface area contributed by atoms with E-state index in [9.17, 15) is 23.2 Å². The van der Waals surface area contributed by atoms with E-state index in [0.29, 0.717) is 31.0 Å². The number of ether oxygens (including phenoxy) is 1. The molecule has 1 rings (SSSR count). The van der Waals surface area contributed by atoms with Crippen molar-refractivity contribution >= 4 is 17.8 Å². The van der Waals surface area contributed by atoms with E-state index in [1.807, 2.05) is 27.7 Å². The predicted molar refractivity (Wildman–Crippen MR) is 101 cm³/mol. The minimum absolute atomic E-state index is 0.0929. The summed E-state index contributed by atoms with van der Waals surface area (Å²) in [5, 5.41) is 2.36. The van der Waals surface area contributed by atoms with Crippen LogP contribution in [0.3, 0.4) is 0 Å². The molecule has 0 aliphatic heterocycles. The number of rotatable bonds is 10. The van der Waals surface area contributed by atoms with Crippen molar-refractivity contribution in [3.63, 3.8) is 0 Å². The second-order valence-corrected chi connectivity index (χ2v) is 7.38. The second-order valence-electron chi connectivity index (χ2n) is 7.38. The van der Waals surface area contributed by atoms with Crippen LogP contribution < -0.4 is 5.32 Å². The van der Waals surface area contributed by atoms with Gasteiger partial charge >= 0.3 is 5.97 Å². The number of carbonyl (C=O) groups is 3. The molecule has 0 spiro atoms. The first-order chi connectivity index (χ1) is 13.1. The normalized spacial score (nSPS) is 10.9. The van der Waals surface area contributed by atoms with Gasteiger partial charge in [-0.3, -0.25) is 14.4 Å². The van der Waals surface area contributed by atoms with Crippen LogP contribution in [-0.4, -0.2) is 48.9 Å². The van der Waals surface area contributed by atoms with Crippen molar-refractivity contribution in [2.45, 2.75) is 34.1 Å². The van der Waals surface area contributed by atoms with Gasteiger partial charge in [0, 0.05) is 25.7 Å². The second kappa shape index (κ2) is 11.4. The molecular weight excluding hydrogens is 370 g/mol. The topological polar surface area (TPSA) is 75.7 Å². The third-order valence-corrected chi connectivity index (χ3v) is 3.67. The first kappa shape index (κ1) is 23.5. The number of esters is 1. The number of nitrogens with zero attached hydrogens (tertiary/aromatic N) is 1. The quantitative estimate of drug-likeness (QED) is 0.615. The van der Waals surface area contributed by atoms with Gasteiger partial charge in [0.1, 0.15) is 11.6 Å². The molecule has 0 saturated heterocycles. The molecule has 0 aliphatic rings. The van der Waals surface area contributed by atoms with E-state index in [0.717, 1.165) is 12.1 Å². The van der Waals surface area contributed by atoms with Gasteiger partial charge in [0.05, 0.1) is 12.0 Å². The summed E-state index contributed by atoms with van der Waals surface area (Å²) in [5.41, 5.74) is -0.317. The zero-order chi connectivity index (χ0) is 21.3.